The van der Waals surface area contributed by atoms with Crippen molar-refractivity contribution in [2.45, 2.75) is 26.2 Å². The smallest absolute Gasteiger partial charge is 0.266 e. The highest BCUT2D eigenvalue weighted by molar-refractivity contribution is 6.09. The highest BCUT2D eigenvalue weighted by Gasteiger charge is 2.36. The maximum atomic E-state index is 12.3. The third-order valence-electron chi connectivity index (χ3n) is 4.24. The van der Waals surface area contributed by atoms with Crippen molar-refractivity contribution in [2.24, 2.45) is 5.92 Å². The summed E-state index contributed by atoms with van der Waals surface area (Å²) in [5.74, 6) is 1.77. The zero-order valence-corrected chi connectivity index (χ0v) is 14.6. The predicted molar refractivity (Wildman–Crippen MR) is 98.2 cm³/mol. The van der Waals surface area contributed by atoms with E-state index in [1.807, 2.05) is 12.1 Å². The van der Waals surface area contributed by atoms with E-state index in [1.54, 1.807) is 30.3 Å². The molecule has 1 heterocycles. The Bertz CT molecular complexity index is 903. The molecule has 6 heteroatoms. The standard InChI is InChI=1S/C20H19N3O3/c1-12-9-18(12)19-8-7-17(26-19)10-14(11-21)20(25)23-16-5-3-15(4-6-16)22-13(2)24/h3-8,10,12,18H,9H2,1-2H3,(H,22,24)(H,23,25)/b14-10+/t12-,18+/m0/s1. The van der Waals surface area contributed by atoms with Crippen LogP contribution in [0.3, 0.4) is 0 Å². The van der Waals surface area contributed by atoms with E-state index in [-0.39, 0.29) is 11.5 Å². The average Bonchev–Trinajstić information content (AvgIpc) is 3.15. The van der Waals surface area contributed by atoms with Gasteiger partial charge in [-0.05, 0) is 48.7 Å². The van der Waals surface area contributed by atoms with Gasteiger partial charge < -0.3 is 15.1 Å². The Morgan fingerprint density at radius 3 is 2.31 bits per heavy atom. The molecule has 0 bridgehead atoms. The van der Waals surface area contributed by atoms with Gasteiger partial charge in [0.05, 0.1) is 0 Å². The molecule has 0 spiro atoms. The van der Waals surface area contributed by atoms with Crippen molar-refractivity contribution in [1.29, 1.82) is 5.26 Å². The molecule has 0 radical (unpaired) electrons. The Balaban J connectivity index is 1.67. The van der Waals surface area contributed by atoms with E-state index in [2.05, 4.69) is 17.6 Å². The number of carbonyl (C=O) groups excluding carboxylic acids is 2. The van der Waals surface area contributed by atoms with Crippen molar-refractivity contribution >= 4 is 29.3 Å². The molecule has 0 aliphatic heterocycles. The highest BCUT2D eigenvalue weighted by atomic mass is 16.3. The molecule has 0 unspecified atom stereocenters. The number of nitriles is 1. The van der Waals surface area contributed by atoms with Gasteiger partial charge in [-0.25, -0.2) is 0 Å². The Kier molecular flexibility index (Phi) is 4.90. The minimum absolute atomic E-state index is 0.0410. The second-order valence-corrected chi connectivity index (χ2v) is 6.44. The van der Waals surface area contributed by atoms with Crippen LogP contribution < -0.4 is 10.6 Å². The lowest BCUT2D eigenvalue weighted by atomic mass is 10.2. The van der Waals surface area contributed by atoms with Crippen LogP contribution in [0, 0.1) is 17.2 Å². The lowest BCUT2D eigenvalue weighted by Gasteiger charge is -2.06. The molecular formula is C20H19N3O3. The molecule has 2 aromatic rings. The van der Waals surface area contributed by atoms with Crippen LogP contribution in [0.25, 0.3) is 6.08 Å². The van der Waals surface area contributed by atoms with Crippen LogP contribution in [0.2, 0.25) is 0 Å². The number of amides is 2. The maximum Gasteiger partial charge on any atom is 0.266 e. The molecule has 1 aliphatic carbocycles. The van der Waals surface area contributed by atoms with Gasteiger partial charge in [-0.1, -0.05) is 6.92 Å². The topological polar surface area (TPSA) is 95.1 Å². The number of carbonyl (C=O) groups is 2. The van der Waals surface area contributed by atoms with Gasteiger partial charge in [0.1, 0.15) is 23.2 Å². The molecule has 2 atom stereocenters. The van der Waals surface area contributed by atoms with E-state index in [1.165, 1.54) is 13.0 Å². The first kappa shape index (κ1) is 17.5. The molecule has 1 aromatic heterocycles. The van der Waals surface area contributed by atoms with Crippen LogP contribution in [0.15, 0.2) is 46.4 Å². The Hall–Kier alpha value is -3.33. The Morgan fingerprint density at radius 1 is 1.15 bits per heavy atom. The minimum Gasteiger partial charge on any atom is -0.461 e. The molecule has 1 saturated carbocycles. The van der Waals surface area contributed by atoms with E-state index in [4.69, 9.17) is 4.42 Å². The maximum absolute atomic E-state index is 12.3. The summed E-state index contributed by atoms with van der Waals surface area (Å²) in [4.78, 5) is 23.3. The lowest BCUT2D eigenvalue weighted by molar-refractivity contribution is -0.114. The van der Waals surface area contributed by atoms with Crippen molar-refractivity contribution < 1.29 is 14.0 Å². The van der Waals surface area contributed by atoms with E-state index in [0.717, 1.165) is 12.2 Å². The summed E-state index contributed by atoms with van der Waals surface area (Å²) in [5.41, 5.74) is 1.11. The zero-order chi connectivity index (χ0) is 18.7. The fraction of sp³-hybridized carbons (Fsp3) is 0.250. The summed E-state index contributed by atoms with van der Waals surface area (Å²) < 4.78 is 5.72. The fourth-order valence-electron chi connectivity index (χ4n) is 2.69. The molecule has 6 nitrogen and oxygen atoms in total. The number of benzene rings is 1. The van der Waals surface area contributed by atoms with Gasteiger partial charge in [-0.3, -0.25) is 9.59 Å². The highest BCUT2D eigenvalue weighted by Crippen LogP contribution is 2.47. The van der Waals surface area contributed by atoms with Crippen molar-refractivity contribution in [2.75, 3.05) is 10.6 Å². The largest absolute Gasteiger partial charge is 0.461 e. The number of hydrogen-bond acceptors (Lipinski definition) is 4. The first-order chi connectivity index (χ1) is 12.5. The summed E-state index contributed by atoms with van der Waals surface area (Å²) >= 11 is 0. The number of anilines is 2. The summed E-state index contributed by atoms with van der Waals surface area (Å²) in [6.07, 6.45) is 2.55. The van der Waals surface area contributed by atoms with Gasteiger partial charge >= 0.3 is 0 Å². The van der Waals surface area contributed by atoms with Gasteiger partial charge in [-0.2, -0.15) is 5.26 Å². The summed E-state index contributed by atoms with van der Waals surface area (Å²) in [6, 6.07) is 12.2. The molecule has 1 aliphatic rings. The van der Waals surface area contributed by atoms with Crippen LogP contribution in [0.5, 0.6) is 0 Å². The molecule has 2 amide bonds. The Labute approximate surface area is 151 Å². The van der Waals surface area contributed by atoms with Crippen molar-refractivity contribution in [3.63, 3.8) is 0 Å². The van der Waals surface area contributed by atoms with E-state index < -0.39 is 5.91 Å². The first-order valence-corrected chi connectivity index (χ1v) is 8.37. The molecule has 2 N–H and O–H groups in total. The second kappa shape index (κ2) is 7.28. The van der Waals surface area contributed by atoms with Crippen LogP contribution in [0.1, 0.15) is 37.7 Å². The number of nitrogens with zero attached hydrogens (tertiary/aromatic N) is 1. The summed E-state index contributed by atoms with van der Waals surface area (Å²) in [7, 11) is 0. The van der Waals surface area contributed by atoms with Gasteiger partial charge in [0, 0.05) is 30.3 Å². The molecule has 26 heavy (non-hydrogen) atoms. The molecule has 3 rings (SSSR count). The lowest BCUT2D eigenvalue weighted by Crippen LogP contribution is -2.13. The summed E-state index contributed by atoms with van der Waals surface area (Å²) in [5, 5.41) is 14.6. The minimum atomic E-state index is -0.516. The molecule has 132 valence electrons. The van der Waals surface area contributed by atoms with E-state index in [0.29, 0.717) is 29.0 Å². The SMILES string of the molecule is CC(=O)Nc1ccc(NC(=O)/C(C#N)=C/c2ccc([C@@H]3C[C@@H]3C)o2)cc1. The van der Waals surface area contributed by atoms with Gasteiger partial charge in [0.15, 0.2) is 0 Å². The van der Waals surface area contributed by atoms with Crippen molar-refractivity contribution in [3.05, 3.63) is 53.5 Å². The average molecular weight is 349 g/mol. The number of rotatable bonds is 5. The first-order valence-electron chi connectivity index (χ1n) is 8.37. The molecule has 1 fully saturated rings. The van der Waals surface area contributed by atoms with Gasteiger partial charge in [0.25, 0.3) is 5.91 Å². The Morgan fingerprint density at radius 2 is 1.77 bits per heavy atom. The number of hydrogen-bond donors (Lipinski definition) is 2. The molecule has 0 saturated heterocycles. The third kappa shape index (κ3) is 4.19. The quantitative estimate of drug-likeness (QED) is 0.632. The number of furan rings is 1. The van der Waals surface area contributed by atoms with Crippen LogP contribution >= 0.6 is 0 Å². The second-order valence-electron chi connectivity index (χ2n) is 6.44. The van der Waals surface area contributed by atoms with Crippen molar-refractivity contribution in [3.8, 4) is 6.07 Å². The van der Waals surface area contributed by atoms with Crippen LogP contribution in [0.4, 0.5) is 11.4 Å². The van der Waals surface area contributed by atoms with Gasteiger partial charge in [-0.15, -0.1) is 0 Å². The third-order valence-corrected chi connectivity index (χ3v) is 4.24. The zero-order valence-electron chi connectivity index (χ0n) is 14.6. The van der Waals surface area contributed by atoms with Gasteiger partial charge in [0.2, 0.25) is 5.91 Å². The predicted octanol–water partition coefficient (Wildman–Crippen LogP) is 3.91. The fourth-order valence-corrected chi connectivity index (χ4v) is 2.69. The monoisotopic (exact) mass is 349 g/mol. The number of nitrogens with one attached hydrogen (secondary N) is 2. The summed E-state index contributed by atoms with van der Waals surface area (Å²) in [6.45, 7) is 3.58. The normalized spacial score (nSPS) is 18.7. The van der Waals surface area contributed by atoms with Crippen LogP contribution in [-0.2, 0) is 9.59 Å². The molecule has 1 aromatic carbocycles. The van der Waals surface area contributed by atoms with E-state index >= 15 is 0 Å². The molecular weight excluding hydrogens is 330 g/mol. The van der Waals surface area contributed by atoms with E-state index in [9.17, 15) is 14.9 Å². The van der Waals surface area contributed by atoms with Crippen LogP contribution in [-0.4, -0.2) is 11.8 Å². The van der Waals surface area contributed by atoms with Crippen molar-refractivity contribution in [1.82, 2.24) is 0 Å².